The van der Waals surface area contributed by atoms with Crippen molar-refractivity contribution in [1.29, 1.82) is 0 Å². The third kappa shape index (κ3) is 5.54. The minimum absolute atomic E-state index is 0.143. The highest BCUT2D eigenvalue weighted by molar-refractivity contribution is 9.10. The van der Waals surface area contributed by atoms with Gasteiger partial charge in [-0.15, -0.1) is 0 Å². The van der Waals surface area contributed by atoms with Crippen molar-refractivity contribution in [1.82, 2.24) is 4.31 Å². The molecule has 0 aromatic heterocycles. The van der Waals surface area contributed by atoms with Crippen molar-refractivity contribution >= 4 is 43.2 Å². The van der Waals surface area contributed by atoms with Gasteiger partial charge in [0.05, 0.1) is 11.4 Å². The Morgan fingerprint density at radius 1 is 1.00 bits per heavy atom. The molecule has 1 N–H and O–H groups in total. The van der Waals surface area contributed by atoms with Crippen LogP contribution < -0.4 is 10.2 Å². The predicted molar refractivity (Wildman–Crippen MR) is 113 cm³/mol. The quantitative estimate of drug-likeness (QED) is 0.663. The van der Waals surface area contributed by atoms with Crippen molar-refractivity contribution in [2.45, 2.75) is 18.7 Å². The molecule has 0 heterocycles. The minimum atomic E-state index is -3.72. The number of sulfonamides is 1. The van der Waals surface area contributed by atoms with Gasteiger partial charge in [0.2, 0.25) is 15.9 Å². The van der Waals surface area contributed by atoms with E-state index in [1.54, 1.807) is 12.1 Å². The number of carbonyl (C=O) groups is 1. The number of halogens is 1. The Morgan fingerprint density at radius 2 is 1.56 bits per heavy atom. The first-order valence-corrected chi connectivity index (χ1v) is 10.9. The standard InChI is InChI=1S/C19H24BrN3O3S/c1-4-23(5-2)17-10-8-16(9-11-17)21-19(24)14-22(3)27(25,26)18-12-6-15(20)7-13-18/h6-13H,4-5,14H2,1-3H3,(H,21,24). The van der Waals surface area contributed by atoms with Crippen LogP contribution in [0, 0.1) is 0 Å². The first kappa shape index (κ1) is 21.4. The minimum Gasteiger partial charge on any atom is -0.372 e. The van der Waals surface area contributed by atoms with Crippen LogP contribution in [0.4, 0.5) is 11.4 Å². The zero-order valence-corrected chi connectivity index (χ0v) is 18.0. The molecule has 2 aromatic carbocycles. The molecule has 0 aliphatic rings. The van der Waals surface area contributed by atoms with E-state index in [4.69, 9.17) is 0 Å². The molecule has 6 nitrogen and oxygen atoms in total. The molecule has 0 spiro atoms. The van der Waals surface area contributed by atoms with E-state index in [-0.39, 0.29) is 11.4 Å². The molecule has 0 saturated heterocycles. The highest BCUT2D eigenvalue weighted by atomic mass is 79.9. The summed E-state index contributed by atoms with van der Waals surface area (Å²) in [5.41, 5.74) is 1.71. The average Bonchev–Trinajstić information content (AvgIpc) is 2.64. The fourth-order valence-electron chi connectivity index (χ4n) is 2.62. The van der Waals surface area contributed by atoms with Gasteiger partial charge in [0, 0.05) is 36.0 Å². The molecule has 0 fully saturated rings. The average molecular weight is 454 g/mol. The molecule has 0 aliphatic carbocycles. The summed E-state index contributed by atoms with van der Waals surface area (Å²) in [5.74, 6) is -0.395. The Hall–Kier alpha value is -1.90. The number of amides is 1. The summed E-state index contributed by atoms with van der Waals surface area (Å²) in [6.07, 6.45) is 0. The summed E-state index contributed by atoms with van der Waals surface area (Å²) < 4.78 is 26.9. The largest absolute Gasteiger partial charge is 0.372 e. The monoisotopic (exact) mass is 453 g/mol. The number of rotatable bonds is 8. The third-order valence-corrected chi connectivity index (χ3v) is 6.51. The van der Waals surface area contributed by atoms with Crippen molar-refractivity contribution in [2.75, 3.05) is 36.9 Å². The van der Waals surface area contributed by atoms with Crippen molar-refractivity contribution in [3.63, 3.8) is 0 Å². The molecule has 0 radical (unpaired) electrons. The molecule has 2 aromatic rings. The van der Waals surface area contributed by atoms with Gasteiger partial charge in [-0.1, -0.05) is 15.9 Å². The van der Waals surface area contributed by atoms with Gasteiger partial charge in [0.25, 0.3) is 0 Å². The molecule has 0 unspecified atom stereocenters. The molecule has 0 saturated carbocycles. The molecular formula is C19H24BrN3O3S. The molecular weight excluding hydrogens is 430 g/mol. The highest BCUT2D eigenvalue weighted by Gasteiger charge is 2.22. The summed E-state index contributed by atoms with van der Waals surface area (Å²) in [6, 6.07) is 13.8. The lowest BCUT2D eigenvalue weighted by molar-refractivity contribution is -0.116. The van der Waals surface area contributed by atoms with Crippen molar-refractivity contribution in [2.24, 2.45) is 0 Å². The van der Waals surface area contributed by atoms with Crippen LogP contribution in [-0.4, -0.2) is 45.3 Å². The second-order valence-electron chi connectivity index (χ2n) is 5.98. The second kappa shape index (κ2) is 9.34. The normalized spacial score (nSPS) is 11.4. The maximum atomic E-state index is 12.5. The lowest BCUT2D eigenvalue weighted by Gasteiger charge is -2.21. The topological polar surface area (TPSA) is 69.7 Å². The van der Waals surface area contributed by atoms with E-state index in [0.717, 1.165) is 27.6 Å². The molecule has 2 rings (SSSR count). The third-order valence-electron chi connectivity index (χ3n) is 4.17. The van der Waals surface area contributed by atoms with E-state index in [0.29, 0.717) is 5.69 Å². The van der Waals surface area contributed by atoms with E-state index in [1.807, 2.05) is 24.3 Å². The number of hydrogen-bond donors (Lipinski definition) is 1. The van der Waals surface area contributed by atoms with Crippen molar-refractivity contribution in [3.8, 4) is 0 Å². The lowest BCUT2D eigenvalue weighted by atomic mass is 10.2. The van der Waals surface area contributed by atoms with Crippen LogP contribution in [0.25, 0.3) is 0 Å². The summed E-state index contributed by atoms with van der Waals surface area (Å²) in [5, 5.41) is 2.74. The Bertz CT molecular complexity index is 864. The van der Waals surface area contributed by atoms with Crippen LogP contribution in [0.2, 0.25) is 0 Å². The van der Waals surface area contributed by atoms with E-state index in [2.05, 4.69) is 40.0 Å². The maximum Gasteiger partial charge on any atom is 0.243 e. The van der Waals surface area contributed by atoms with Gasteiger partial charge in [-0.25, -0.2) is 8.42 Å². The molecule has 0 atom stereocenters. The number of likely N-dealkylation sites (N-methyl/N-ethyl adjacent to an activating group) is 1. The first-order valence-electron chi connectivity index (χ1n) is 8.64. The summed E-state index contributed by atoms with van der Waals surface area (Å²) >= 11 is 3.27. The maximum absolute atomic E-state index is 12.5. The molecule has 0 aliphatic heterocycles. The van der Waals surface area contributed by atoms with Crippen LogP contribution in [0.5, 0.6) is 0 Å². The zero-order valence-electron chi connectivity index (χ0n) is 15.6. The van der Waals surface area contributed by atoms with Gasteiger partial charge in [-0.2, -0.15) is 4.31 Å². The van der Waals surface area contributed by atoms with Crippen LogP contribution in [-0.2, 0) is 14.8 Å². The van der Waals surface area contributed by atoms with E-state index in [9.17, 15) is 13.2 Å². The second-order valence-corrected chi connectivity index (χ2v) is 8.94. The predicted octanol–water partition coefficient (Wildman–Crippen LogP) is 3.55. The van der Waals surface area contributed by atoms with Crippen LogP contribution in [0.3, 0.4) is 0 Å². The number of carbonyl (C=O) groups excluding carboxylic acids is 1. The van der Waals surface area contributed by atoms with Crippen LogP contribution in [0.15, 0.2) is 57.9 Å². The fourth-order valence-corrected chi connectivity index (χ4v) is 4.01. The van der Waals surface area contributed by atoms with E-state index < -0.39 is 15.9 Å². The SMILES string of the molecule is CCN(CC)c1ccc(NC(=O)CN(C)S(=O)(=O)c2ccc(Br)cc2)cc1. The Kier molecular flexibility index (Phi) is 7.41. The van der Waals surface area contributed by atoms with Crippen molar-refractivity contribution < 1.29 is 13.2 Å². The molecule has 27 heavy (non-hydrogen) atoms. The number of hydrogen-bond acceptors (Lipinski definition) is 4. The lowest BCUT2D eigenvalue weighted by Crippen LogP contribution is -2.34. The van der Waals surface area contributed by atoms with Gasteiger partial charge >= 0.3 is 0 Å². The molecule has 1 amide bonds. The fraction of sp³-hybridized carbons (Fsp3) is 0.316. The van der Waals surface area contributed by atoms with Crippen molar-refractivity contribution in [3.05, 3.63) is 53.0 Å². The van der Waals surface area contributed by atoms with Crippen LogP contribution >= 0.6 is 15.9 Å². The van der Waals surface area contributed by atoms with E-state index >= 15 is 0 Å². The molecule has 8 heteroatoms. The van der Waals surface area contributed by atoms with Gasteiger partial charge in [0.15, 0.2) is 0 Å². The molecule has 0 bridgehead atoms. The number of nitrogens with one attached hydrogen (secondary N) is 1. The highest BCUT2D eigenvalue weighted by Crippen LogP contribution is 2.19. The smallest absolute Gasteiger partial charge is 0.243 e. The summed E-state index contributed by atoms with van der Waals surface area (Å²) in [4.78, 5) is 14.6. The van der Waals surface area contributed by atoms with Gasteiger partial charge in [-0.3, -0.25) is 4.79 Å². The summed E-state index contributed by atoms with van der Waals surface area (Å²) in [6.45, 7) is 5.71. The molecule has 146 valence electrons. The van der Waals surface area contributed by atoms with E-state index in [1.165, 1.54) is 19.2 Å². The Labute approximate surface area is 169 Å². The van der Waals surface area contributed by atoms with Gasteiger partial charge < -0.3 is 10.2 Å². The number of benzene rings is 2. The number of nitrogens with zero attached hydrogens (tertiary/aromatic N) is 2. The zero-order chi connectivity index (χ0) is 20.0. The summed E-state index contributed by atoms with van der Waals surface area (Å²) in [7, 11) is -2.33. The Morgan fingerprint density at radius 3 is 2.07 bits per heavy atom. The van der Waals surface area contributed by atoms with Crippen LogP contribution in [0.1, 0.15) is 13.8 Å². The first-order chi connectivity index (χ1) is 12.8. The van der Waals surface area contributed by atoms with Gasteiger partial charge in [0.1, 0.15) is 0 Å². The Balaban J connectivity index is 2.01. The number of anilines is 2. The van der Waals surface area contributed by atoms with Gasteiger partial charge in [-0.05, 0) is 62.4 Å².